The van der Waals surface area contributed by atoms with Crippen LogP contribution >= 0.6 is 0 Å². The SMILES string of the molecule is CCCNCc1cccc(C)c1OCC(O)CO. The van der Waals surface area contributed by atoms with Crippen LogP contribution in [0.1, 0.15) is 24.5 Å². The van der Waals surface area contributed by atoms with Crippen LogP contribution in [0.25, 0.3) is 0 Å². The van der Waals surface area contributed by atoms with E-state index in [0.717, 1.165) is 36.4 Å². The van der Waals surface area contributed by atoms with E-state index < -0.39 is 6.10 Å². The van der Waals surface area contributed by atoms with Crippen molar-refractivity contribution in [1.29, 1.82) is 0 Å². The zero-order valence-corrected chi connectivity index (χ0v) is 11.1. The molecule has 1 rings (SSSR count). The van der Waals surface area contributed by atoms with Crippen LogP contribution in [-0.4, -0.2) is 36.1 Å². The summed E-state index contributed by atoms with van der Waals surface area (Å²) in [7, 11) is 0. The number of rotatable bonds is 8. The first-order chi connectivity index (χ1) is 8.69. The zero-order valence-electron chi connectivity index (χ0n) is 11.1. The van der Waals surface area contributed by atoms with Gasteiger partial charge in [-0.3, -0.25) is 0 Å². The summed E-state index contributed by atoms with van der Waals surface area (Å²) >= 11 is 0. The van der Waals surface area contributed by atoms with Gasteiger partial charge >= 0.3 is 0 Å². The molecular formula is C14H23NO3. The molecule has 0 fully saturated rings. The number of hydrogen-bond acceptors (Lipinski definition) is 4. The Morgan fingerprint density at radius 1 is 1.39 bits per heavy atom. The smallest absolute Gasteiger partial charge is 0.126 e. The molecule has 0 aliphatic rings. The zero-order chi connectivity index (χ0) is 13.4. The fourth-order valence-corrected chi connectivity index (χ4v) is 1.69. The second-order valence-electron chi connectivity index (χ2n) is 4.39. The van der Waals surface area contributed by atoms with Gasteiger partial charge in [-0.25, -0.2) is 0 Å². The van der Waals surface area contributed by atoms with E-state index in [9.17, 15) is 5.11 Å². The quantitative estimate of drug-likeness (QED) is 0.610. The number of benzene rings is 1. The number of ether oxygens (including phenoxy) is 1. The van der Waals surface area contributed by atoms with E-state index in [-0.39, 0.29) is 13.2 Å². The fraction of sp³-hybridized carbons (Fsp3) is 0.571. The van der Waals surface area contributed by atoms with E-state index in [0.29, 0.717) is 0 Å². The molecule has 18 heavy (non-hydrogen) atoms. The Bertz CT molecular complexity index is 355. The molecule has 1 atom stereocenters. The van der Waals surface area contributed by atoms with Crippen molar-refractivity contribution in [2.45, 2.75) is 32.9 Å². The minimum Gasteiger partial charge on any atom is -0.490 e. The molecule has 0 heterocycles. The van der Waals surface area contributed by atoms with Crippen LogP contribution in [-0.2, 0) is 6.54 Å². The summed E-state index contributed by atoms with van der Waals surface area (Å²) < 4.78 is 5.60. The Balaban J connectivity index is 2.67. The Morgan fingerprint density at radius 3 is 2.83 bits per heavy atom. The highest BCUT2D eigenvalue weighted by atomic mass is 16.5. The van der Waals surface area contributed by atoms with E-state index in [1.54, 1.807) is 0 Å². The van der Waals surface area contributed by atoms with Crippen molar-refractivity contribution in [2.75, 3.05) is 19.8 Å². The second-order valence-corrected chi connectivity index (χ2v) is 4.39. The fourth-order valence-electron chi connectivity index (χ4n) is 1.69. The summed E-state index contributed by atoms with van der Waals surface area (Å²) in [5.41, 5.74) is 2.12. The van der Waals surface area contributed by atoms with E-state index in [2.05, 4.69) is 12.2 Å². The van der Waals surface area contributed by atoms with Gasteiger partial charge in [0.25, 0.3) is 0 Å². The van der Waals surface area contributed by atoms with Crippen molar-refractivity contribution >= 4 is 0 Å². The molecule has 0 saturated heterocycles. The van der Waals surface area contributed by atoms with Crippen LogP contribution in [0.15, 0.2) is 18.2 Å². The molecule has 0 aliphatic heterocycles. The van der Waals surface area contributed by atoms with E-state index in [1.807, 2.05) is 25.1 Å². The summed E-state index contributed by atoms with van der Waals surface area (Å²) in [6.07, 6.45) is 0.256. The standard InChI is InChI=1S/C14H23NO3/c1-3-7-15-8-12-6-4-5-11(2)14(12)18-10-13(17)9-16/h4-6,13,15-17H,3,7-10H2,1-2H3. The molecule has 4 heteroatoms. The molecule has 102 valence electrons. The highest BCUT2D eigenvalue weighted by molar-refractivity contribution is 5.40. The number of aryl methyl sites for hydroxylation is 1. The van der Waals surface area contributed by atoms with Gasteiger partial charge in [0.1, 0.15) is 18.5 Å². The minimum atomic E-state index is -0.832. The molecule has 0 bridgehead atoms. The van der Waals surface area contributed by atoms with Gasteiger partial charge in [0, 0.05) is 12.1 Å². The van der Waals surface area contributed by atoms with Crippen molar-refractivity contribution < 1.29 is 14.9 Å². The molecule has 0 aliphatic carbocycles. The lowest BCUT2D eigenvalue weighted by molar-refractivity contribution is 0.0530. The van der Waals surface area contributed by atoms with Gasteiger partial charge in [-0.15, -0.1) is 0 Å². The predicted molar refractivity (Wildman–Crippen MR) is 71.8 cm³/mol. The number of para-hydroxylation sites is 1. The average molecular weight is 253 g/mol. The normalized spacial score (nSPS) is 12.4. The lowest BCUT2D eigenvalue weighted by Crippen LogP contribution is -2.22. The third-order valence-corrected chi connectivity index (χ3v) is 2.67. The predicted octanol–water partition coefficient (Wildman–Crippen LogP) is 1.23. The first-order valence-electron chi connectivity index (χ1n) is 6.40. The van der Waals surface area contributed by atoms with E-state index in [4.69, 9.17) is 9.84 Å². The van der Waals surface area contributed by atoms with Crippen LogP contribution < -0.4 is 10.1 Å². The summed E-state index contributed by atoms with van der Waals surface area (Å²) in [4.78, 5) is 0. The number of nitrogens with one attached hydrogen (secondary N) is 1. The molecule has 0 aromatic heterocycles. The molecule has 0 amide bonds. The molecule has 0 spiro atoms. The topological polar surface area (TPSA) is 61.7 Å². The Kier molecular flexibility index (Phi) is 6.72. The van der Waals surface area contributed by atoms with Gasteiger partial charge in [-0.1, -0.05) is 25.1 Å². The largest absolute Gasteiger partial charge is 0.490 e. The van der Waals surface area contributed by atoms with Gasteiger partial charge < -0.3 is 20.3 Å². The van der Waals surface area contributed by atoms with E-state index >= 15 is 0 Å². The van der Waals surface area contributed by atoms with Crippen LogP contribution in [0, 0.1) is 6.92 Å². The number of aliphatic hydroxyl groups excluding tert-OH is 2. The maximum Gasteiger partial charge on any atom is 0.126 e. The minimum absolute atomic E-state index is 0.113. The average Bonchev–Trinajstić information content (AvgIpc) is 2.38. The Labute approximate surface area is 109 Å². The summed E-state index contributed by atoms with van der Waals surface area (Å²) in [5.74, 6) is 0.800. The lowest BCUT2D eigenvalue weighted by Gasteiger charge is -2.16. The molecule has 0 saturated carbocycles. The Morgan fingerprint density at radius 2 is 2.17 bits per heavy atom. The Hall–Kier alpha value is -1.10. The maximum atomic E-state index is 9.32. The van der Waals surface area contributed by atoms with Crippen molar-refractivity contribution in [2.24, 2.45) is 0 Å². The second kappa shape index (κ2) is 8.08. The highest BCUT2D eigenvalue weighted by Gasteiger charge is 2.09. The third-order valence-electron chi connectivity index (χ3n) is 2.67. The van der Waals surface area contributed by atoms with Gasteiger partial charge in [-0.05, 0) is 25.5 Å². The molecule has 1 unspecified atom stereocenters. The first kappa shape index (κ1) is 15.0. The molecule has 1 aromatic rings. The van der Waals surface area contributed by atoms with Crippen molar-refractivity contribution in [3.63, 3.8) is 0 Å². The number of hydrogen-bond donors (Lipinski definition) is 3. The molecule has 4 nitrogen and oxygen atoms in total. The summed E-state index contributed by atoms with van der Waals surface area (Å²) in [6.45, 7) is 5.65. The molecule has 3 N–H and O–H groups in total. The highest BCUT2D eigenvalue weighted by Crippen LogP contribution is 2.23. The molecule has 1 aromatic carbocycles. The van der Waals surface area contributed by atoms with Crippen molar-refractivity contribution in [3.8, 4) is 5.75 Å². The van der Waals surface area contributed by atoms with E-state index in [1.165, 1.54) is 0 Å². The molecular weight excluding hydrogens is 230 g/mol. The van der Waals surface area contributed by atoms with Gasteiger partial charge in [-0.2, -0.15) is 0 Å². The summed E-state index contributed by atoms with van der Waals surface area (Å²) in [6, 6.07) is 5.98. The van der Waals surface area contributed by atoms with Gasteiger partial charge in [0.2, 0.25) is 0 Å². The van der Waals surface area contributed by atoms with Crippen LogP contribution in [0.2, 0.25) is 0 Å². The lowest BCUT2D eigenvalue weighted by atomic mass is 10.1. The van der Waals surface area contributed by atoms with Crippen LogP contribution in [0.4, 0.5) is 0 Å². The van der Waals surface area contributed by atoms with Crippen molar-refractivity contribution in [3.05, 3.63) is 29.3 Å². The van der Waals surface area contributed by atoms with Crippen LogP contribution in [0.5, 0.6) is 5.75 Å². The monoisotopic (exact) mass is 253 g/mol. The van der Waals surface area contributed by atoms with Crippen molar-refractivity contribution in [1.82, 2.24) is 5.32 Å². The van der Waals surface area contributed by atoms with Crippen LogP contribution in [0.3, 0.4) is 0 Å². The molecule has 0 radical (unpaired) electrons. The number of aliphatic hydroxyl groups is 2. The maximum absolute atomic E-state index is 9.32. The summed E-state index contributed by atoms with van der Waals surface area (Å²) in [5, 5.41) is 21.4. The first-order valence-corrected chi connectivity index (χ1v) is 6.40. The van der Waals surface area contributed by atoms with Gasteiger partial charge in [0.15, 0.2) is 0 Å². The third kappa shape index (κ3) is 4.64. The van der Waals surface area contributed by atoms with Gasteiger partial charge in [0.05, 0.1) is 6.61 Å².